The Morgan fingerprint density at radius 3 is 2.08 bits per heavy atom. The van der Waals surface area contributed by atoms with Crippen LogP contribution in [0.3, 0.4) is 0 Å². The van der Waals surface area contributed by atoms with Gasteiger partial charge in [-0.2, -0.15) is 17.4 Å². The second-order valence-corrected chi connectivity index (χ2v) is 3.67. The first kappa shape index (κ1) is 9.94. The van der Waals surface area contributed by atoms with Gasteiger partial charge in [-0.3, -0.25) is 8.37 Å². The number of alkyl halides is 3. The third kappa shape index (κ3) is 1.78. The first-order valence-electron chi connectivity index (χ1n) is 3.10. The van der Waals surface area contributed by atoms with E-state index in [2.05, 4.69) is 8.37 Å². The van der Waals surface area contributed by atoms with Gasteiger partial charge in [0, 0.05) is 0 Å². The first-order chi connectivity index (χ1) is 5.35. The molecule has 3 nitrogen and oxygen atoms in total. The van der Waals surface area contributed by atoms with E-state index in [4.69, 9.17) is 0 Å². The molecule has 0 aromatic carbocycles. The maximum Gasteiger partial charge on any atom is 0.398 e. The normalized spacial score (nSPS) is 38.2. The van der Waals surface area contributed by atoms with Gasteiger partial charge in [-0.05, 0) is 6.92 Å². The molecule has 1 aliphatic rings. The maximum atomic E-state index is 12.2. The molecule has 0 amide bonds. The molecule has 0 spiro atoms. The van der Waals surface area contributed by atoms with Gasteiger partial charge in [-0.25, -0.2) is 0 Å². The third-order valence-corrected chi connectivity index (χ3v) is 2.25. The fraction of sp³-hybridized carbons (Fsp3) is 1.00. The van der Waals surface area contributed by atoms with Crippen LogP contribution in [0.1, 0.15) is 6.92 Å². The zero-order valence-corrected chi connectivity index (χ0v) is 7.00. The fourth-order valence-corrected chi connectivity index (χ4v) is 1.38. The minimum Gasteiger partial charge on any atom is -0.267 e. The summed E-state index contributed by atoms with van der Waals surface area (Å²) < 4.78 is 55.5. The van der Waals surface area contributed by atoms with Gasteiger partial charge in [0.05, 0.1) is 13.2 Å². The van der Waals surface area contributed by atoms with Crippen molar-refractivity contribution in [3.05, 3.63) is 0 Å². The van der Waals surface area contributed by atoms with Crippen molar-refractivity contribution in [2.75, 3.05) is 13.2 Å². The molecule has 0 radical (unpaired) electrons. The van der Waals surface area contributed by atoms with E-state index in [1.54, 1.807) is 0 Å². The topological polar surface area (TPSA) is 35.5 Å². The number of hydrogen-bond acceptors (Lipinski definition) is 3. The Hall–Kier alpha value is -0.140. The summed E-state index contributed by atoms with van der Waals surface area (Å²) >= 11 is -2.02. The standard InChI is InChI=1S/C5H7F3O3S/c1-4(5(6,7)8)2-10-12(9)11-3-4/h2-3H2,1H3. The zero-order valence-electron chi connectivity index (χ0n) is 6.18. The Morgan fingerprint density at radius 1 is 1.33 bits per heavy atom. The molecule has 0 aromatic heterocycles. The third-order valence-electron chi connectivity index (χ3n) is 1.63. The lowest BCUT2D eigenvalue weighted by Gasteiger charge is -2.33. The Bertz CT molecular complexity index is 193. The molecule has 7 heteroatoms. The maximum absolute atomic E-state index is 12.2. The van der Waals surface area contributed by atoms with E-state index in [9.17, 15) is 17.4 Å². The molecule has 0 bridgehead atoms. The second-order valence-electron chi connectivity index (χ2n) is 2.79. The lowest BCUT2D eigenvalue weighted by Crippen LogP contribution is -2.46. The molecule has 12 heavy (non-hydrogen) atoms. The molecule has 1 aliphatic heterocycles. The van der Waals surface area contributed by atoms with Gasteiger partial charge in [-0.15, -0.1) is 0 Å². The Balaban J connectivity index is 2.68. The summed E-state index contributed by atoms with van der Waals surface area (Å²) in [6.07, 6.45) is -4.39. The van der Waals surface area contributed by atoms with Crippen molar-refractivity contribution < 1.29 is 25.7 Å². The Morgan fingerprint density at radius 2 is 1.75 bits per heavy atom. The zero-order chi connectivity index (χ0) is 9.41. The molecule has 1 fully saturated rings. The predicted octanol–water partition coefficient (Wildman–Crippen LogP) is 1.18. The van der Waals surface area contributed by atoms with Crippen LogP contribution in [0.4, 0.5) is 13.2 Å². The molecule has 1 heterocycles. The highest BCUT2D eigenvalue weighted by molar-refractivity contribution is 7.75. The van der Waals surface area contributed by atoms with Crippen LogP contribution in [0, 0.1) is 5.41 Å². The average molecular weight is 204 g/mol. The van der Waals surface area contributed by atoms with Crippen LogP contribution in [0.25, 0.3) is 0 Å². The molecule has 1 rings (SSSR count). The smallest absolute Gasteiger partial charge is 0.267 e. The molecule has 0 unspecified atom stereocenters. The second kappa shape index (κ2) is 2.97. The van der Waals surface area contributed by atoms with Crippen LogP contribution in [0.2, 0.25) is 0 Å². The summed E-state index contributed by atoms with van der Waals surface area (Å²) in [6.45, 7) is -0.282. The van der Waals surface area contributed by atoms with Crippen LogP contribution >= 0.6 is 0 Å². The largest absolute Gasteiger partial charge is 0.398 e. The van der Waals surface area contributed by atoms with E-state index in [0.29, 0.717) is 0 Å². The average Bonchev–Trinajstić information content (AvgIpc) is 1.93. The van der Waals surface area contributed by atoms with Crippen molar-refractivity contribution in [3.63, 3.8) is 0 Å². The van der Waals surface area contributed by atoms with E-state index < -0.39 is 36.2 Å². The fourth-order valence-electron chi connectivity index (χ4n) is 0.596. The summed E-state index contributed by atoms with van der Waals surface area (Å²) in [7, 11) is 0. The van der Waals surface area contributed by atoms with Gasteiger partial charge in [0.25, 0.3) is 0 Å². The van der Waals surface area contributed by atoms with Crippen molar-refractivity contribution in [2.24, 2.45) is 5.41 Å². The minimum absolute atomic E-state index is 0.622. The summed E-state index contributed by atoms with van der Waals surface area (Å²) in [5.41, 5.74) is -2.04. The molecule has 72 valence electrons. The molecule has 0 atom stereocenters. The number of hydrogen-bond donors (Lipinski definition) is 0. The van der Waals surface area contributed by atoms with Crippen LogP contribution in [0.15, 0.2) is 0 Å². The quantitative estimate of drug-likeness (QED) is 0.594. The molecule has 0 N–H and O–H groups in total. The van der Waals surface area contributed by atoms with Crippen molar-refractivity contribution >= 4 is 11.4 Å². The van der Waals surface area contributed by atoms with Crippen LogP contribution in [-0.4, -0.2) is 23.6 Å². The molecular weight excluding hydrogens is 197 g/mol. The van der Waals surface area contributed by atoms with Gasteiger partial charge < -0.3 is 0 Å². The summed E-state index contributed by atoms with van der Waals surface area (Å²) in [6, 6.07) is 0. The van der Waals surface area contributed by atoms with Crippen molar-refractivity contribution in [1.29, 1.82) is 0 Å². The summed E-state index contributed by atoms with van der Waals surface area (Å²) in [5.74, 6) is 0. The van der Waals surface area contributed by atoms with Crippen LogP contribution in [0.5, 0.6) is 0 Å². The molecule has 0 aliphatic carbocycles. The van der Waals surface area contributed by atoms with E-state index in [-0.39, 0.29) is 0 Å². The Labute approximate surface area is 69.7 Å². The van der Waals surface area contributed by atoms with Crippen LogP contribution < -0.4 is 0 Å². The molecule has 0 aromatic rings. The van der Waals surface area contributed by atoms with Gasteiger partial charge >= 0.3 is 17.5 Å². The molecule has 1 saturated heterocycles. The highest BCUT2D eigenvalue weighted by Crippen LogP contribution is 2.40. The summed E-state index contributed by atoms with van der Waals surface area (Å²) in [4.78, 5) is 0. The van der Waals surface area contributed by atoms with Crippen molar-refractivity contribution in [2.45, 2.75) is 13.1 Å². The predicted molar refractivity (Wildman–Crippen MR) is 34.2 cm³/mol. The monoisotopic (exact) mass is 204 g/mol. The van der Waals surface area contributed by atoms with Gasteiger partial charge in [0.1, 0.15) is 5.41 Å². The number of rotatable bonds is 0. The van der Waals surface area contributed by atoms with E-state index in [0.717, 1.165) is 6.92 Å². The Kier molecular flexibility index (Phi) is 2.46. The van der Waals surface area contributed by atoms with Crippen LogP contribution in [-0.2, 0) is 19.7 Å². The lowest BCUT2D eigenvalue weighted by atomic mass is 9.92. The molecule has 0 saturated carbocycles. The molecular formula is C5H7F3O3S. The SMILES string of the molecule is CC1(C(F)(F)F)COS(=O)OC1. The van der Waals surface area contributed by atoms with Gasteiger partial charge in [-0.1, -0.05) is 0 Å². The van der Waals surface area contributed by atoms with Gasteiger partial charge in [0.15, 0.2) is 0 Å². The van der Waals surface area contributed by atoms with Gasteiger partial charge in [0.2, 0.25) is 0 Å². The van der Waals surface area contributed by atoms with E-state index in [1.807, 2.05) is 0 Å². The summed E-state index contributed by atoms with van der Waals surface area (Å²) in [5, 5.41) is 0. The highest BCUT2D eigenvalue weighted by Gasteiger charge is 2.54. The highest BCUT2D eigenvalue weighted by atomic mass is 32.2. The van der Waals surface area contributed by atoms with Crippen molar-refractivity contribution in [3.8, 4) is 0 Å². The first-order valence-corrected chi connectivity index (χ1v) is 4.10. The minimum atomic E-state index is -4.39. The lowest BCUT2D eigenvalue weighted by molar-refractivity contribution is -0.240. The van der Waals surface area contributed by atoms with E-state index in [1.165, 1.54) is 0 Å². The number of halogens is 3. The van der Waals surface area contributed by atoms with Crippen molar-refractivity contribution in [1.82, 2.24) is 0 Å². The van der Waals surface area contributed by atoms with E-state index >= 15 is 0 Å².